The van der Waals surface area contributed by atoms with E-state index in [-0.39, 0.29) is 12.6 Å². The first-order chi connectivity index (χ1) is 5.31. The van der Waals surface area contributed by atoms with Gasteiger partial charge in [0.15, 0.2) is 0 Å². The Hall–Kier alpha value is -0.0800. The van der Waals surface area contributed by atoms with Crippen LogP contribution in [0.2, 0.25) is 0 Å². The third-order valence-electron chi connectivity index (χ3n) is 1.41. The summed E-state index contributed by atoms with van der Waals surface area (Å²) in [5, 5.41) is 8.51. The van der Waals surface area contributed by atoms with Gasteiger partial charge < -0.3 is 10.8 Å². The van der Waals surface area contributed by atoms with Crippen molar-refractivity contribution in [3.05, 3.63) is 0 Å². The molecule has 0 radical (unpaired) electrons. The van der Waals surface area contributed by atoms with Gasteiger partial charge in [-0.3, -0.25) is 0 Å². The largest absolute Gasteiger partial charge is 0.395 e. The normalized spacial score (nSPS) is 11.7. The number of aliphatic hydroxyl groups excluding tert-OH is 1. The molecule has 0 aliphatic heterocycles. The second-order valence-corrected chi connectivity index (χ2v) is 2.44. The van der Waals surface area contributed by atoms with E-state index in [1.807, 2.05) is 13.8 Å². The molecule has 2 heteroatoms. The predicted octanol–water partition coefficient (Wildman–Crippen LogP) is 1.91. The second kappa shape index (κ2) is 12.6. The molecule has 0 heterocycles. The minimum absolute atomic E-state index is 0.0107. The number of unbranched alkanes of at least 4 members (excludes halogenated alkanes) is 2. The fraction of sp³-hybridized carbons (Fsp3) is 1.00. The maximum atomic E-state index is 8.51. The Morgan fingerprint density at radius 1 is 1.27 bits per heavy atom. The average Bonchev–Trinajstić information content (AvgIpc) is 2.08. The lowest BCUT2D eigenvalue weighted by molar-refractivity contribution is 0.257. The molecule has 0 aromatic heterocycles. The summed E-state index contributed by atoms with van der Waals surface area (Å²) in [6.45, 7) is 6.29. The Labute approximate surface area is 70.8 Å². The molecule has 0 aliphatic carbocycles. The Kier molecular flexibility index (Phi) is 15.4. The third-order valence-corrected chi connectivity index (χ3v) is 1.41. The summed E-state index contributed by atoms with van der Waals surface area (Å²) in [6.07, 6.45) is 4.56. The molecule has 0 fully saturated rings. The summed E-state index contributed by atoms with van der Waals surface area (Å²) in [5.74, 6) is 0. The van der Waals surface area contributed by atoms with Crippen LogP contribution in [0.15, 0.2) is 0 Å². The number of nitrogens with two attached hydrogens (primary N) is 1. The number of hydrogen-bond donors (Lipinski definition) is 2. The van der Waals surface area contributed by atoms with Crippen LogP contribution in [-0.4, -0.2) is 17.8 Å². The fourth-order valence-corrected chi connectivity index (χ4v) is 0.748. The van der Waals surface area contributed by atoms with E-state index in [2.05, 4.69) is 6.92 Å². The zero-order chi connectivity index (χ0) is 9.11. The summed E-state index contributed by atoms with van der Waals surface area (Å²) in [4.78, 5) is 0. The van der Waals surface area contributed by atoms with E-state index in [1.54, 1.807) is 0 Å². The highest BCUT2D eigenvalue weighted by Crippen LogP contribution is 2.00. The van der Waals surface area contributed by atoms with Gasteiger partial charge in [-0.2, -0.15) is 0 Å². The van der Waals surface area contributed by atoms with Crippen LogP contribution in [0.1, 0.15) is 46.5 Å². The molecule has 70 valence electrons. The molecule has 0 rings (SSSR count). The van der Waals surface area contributed by atoms with E-state index < -0.39 is 0 Å². The molecule has 0 saturated carbocycles. The van der Waals surface area contributed by atoms with Crippen LogP contribution < -0.4 is 5.73 Å². The molecule has 1 unspecified atom stereocenters. The van der Waals surface area contributed by atoms with Crippen molar-refractivity contribution < 1.29 is 5.11 Å². The lowest BCUT2D eigenvalue weighted by Crippen LogP contribution is -2.23. The summed E-state index contributed by atoms with van der Waals surface area (Å²) < 4.78 is 0. The van der Waals surface area contributed by atoms with Gasteiger partial charge in [-0.05, 0) is 6.42 Å². The van der Waals surface area contributed by atoms with Crippen molar-refractivity contribution in [2.75, 3.05) is 6.61 Å². The number of hydrogen-bond acceptors (Lipinski definition) is 2. The first-order valence-corrected chi connectivity index (χ1v) is 4.67. The van der Waals surface area contributed by atoms with Gasteiger partial charge in [-0.15, -0.1) is 0 Å². The summed E-state index contributed by atoms with van der Waals surface area (Å²) in [7, 11) is 0. The lowest BCUT2D eigenvalue weighted by atomic mass is 10.1. The van der Waals surface area contributed by atoms with Gasteiger partial charge in [-0.1, -0.05) is 40.0 Å². The van der Waals surface area contributed by atoms with Crippen molar-refractivity contribution in [3.8, 4) is 0 Å². The fourth-order valence-electron chi connectivity index (χ4n) is 0.748. The highest BCUT2D eigenvalue weighted by molar-refractivity contribution is 4.57. The standard InChI is InChI=1S/C7H17NO.C2H6/c1-2-3-4-5-7(8)6-9;1-2/h7,9H,2-6,8H2,1H3;1-2H3. The van der Waals surface area contributed by atoms with E-state index in [0.29, 0.717) is 0 Å². The van der Waals surface area contributed by atoms with Crippen LogP contribution in [0, 0.1) is 0 Å². The average molecular weight is 161 g/mol. The summed E-state index contributed by atoms with van der Waals surface area (Å²) in [5.41, 5.74) is 5.46. The van der Waals surface area contributed by atoms with Gasteiger partial charge in [0.25, 0.3) is 0 Å². The first kappa shape index (κ1) is 13.5. The van der Waals surface area contributed by atoms with Crippen molar-refractivity contribution in [2.45, 2.75) is 52.5 Å². The predicted molar refractivity (Wildman–Crippen MR) is 50.6 cm³/mol. The molecule has 0 amide bonds. The van der Waals surface area contributed by atoms with Crippen LogP contribution in [0.4, 0.5) is 0 Å². The van der Waals surface area contributed by atoms with Crippen molar-refractivity contribution in [2.24, 2.45) is 5.73 Å². The molecule has 11 heavy (non-hydrogen) atoms. The molecule has 0 aliphatic rings. The second-order valence-electron chi connectivity index (χ2n) is 2.44. The summed E-state index contributed by atoms with van der Waals surface area (Å²) in [6, 6.07) is 0.0107. The molecular weight excluding hydrogens is 138 g/mol. The van der Waals surface area contributed by atoms with Crippen molar-refractivity contribution in [1.29, 1.82) is 0 Å². The molecule has 0 aromatic carbocycles. The lowest BCUT2D eigenvalue weighted by Gasteiger charge is -2.05. The number of rotatable bonds is 5. The van der Waals surface area contributed by atoms with Gasteiger partial charge in [0, 0.05) is 6.04 Å². The minimum Gasteiger partial charge on any atom is -0.395 e. The highest BCUT2D eigenvalue weighted by atomic mass is 16.3. The molecule has 1 atom stereocenters. The van der Waals surface area contributed by atoms with Crippen LogP contribution in [-0.2, 0) is 0 Å². The monoisotopic (exact) mass is 161 g/mol. The maximum Gasteiger partial charge on any atom is 0.0582 e. The van der Waals surface area contributed by atoms with Gasteiger partial charge in [0.2, 0.25) is 0 Å². The number of aliphatic hydroxyl groups is 1. The van der Waals surface area contributed by atoms with Crippen LogP contribution in [0.25, 0.3) is 0 Å². The van der Waals surface area contributed by atoms with Gasteiger partial charge in [0.05, 0.1) is 6.61 Å². The van der Waals surface area contributed by atoms with E-state index in [4.69, 9.17) is 10.8 Å². The van der Waals surface area contributed by atoms with E-state index in [9.17, 15) is 0 Å². The molecule has 2 nitrogen and oxygen atoms in total. The van der Waals surface area contributed by atoms with Crippen LogP contribution >= 0.6 is 0 Å². The molecule has 0 saturated heterocycles. The molecular formula is C9H23NO. The maximum absolute atomic E-state index is 8.51. The van der Waals surface area contributed by atoms with Crippen molar-refractivity contribution in [1.82, 2.24) is 0 Å². The third kappa shape index (κ3) is 13.0. The smallest absolute Gasteiger partial charge is 0.0582 e. The molecule has 0 bridgehead atoms. The summed E-state index contributed by atoms with van der Waals surface area (Å²) >= 11 is 0. The highest BCUT2D eigenvalue weighted by Gasteiger charge is 1.97. The van der Waals surface area contributed by atoms with Crippen LogP contribution in [0.5, 0.6) is 0 Å². The molecule has 3 N–H and O–H groups in total. The topological polar surface area (TPSA) is 46.2 Å². The van der Waals surface area contributed by atoms with Gasteiger partial charge >= 0.3 is 0 Å². The quantitative estimate of drug-likeness (QED) is 0.605. The zero-order valence-corrected chi connectivity index (χ0v) is 8.14. The Balaban J connectivity index is 0. The van der Waals surface area contributed by atoms with E-state index in [1.165, 1.54) is 12.8 Å². The molecule has 0 aromatic rings. The van der Waals surface area contributed by atoms with Gasteiger partial charge in [0.1, 0.15) is 0 Å². The zero-order valence-electron chi connectivity index (χ0n) is 8.14. The molecule has 0 spiro atoms. The Bertz CT molecular complexity index is 57.5. The Morgan fingerprint density at radius 2 is 1.82 bits per heavy atom. The first-order valence-electron chi connectivity index (χ1n) is 4.67. The SMILES string of the molecule is CC.CCCCCC(N)CO. The minimum atomic E-state index is 0.0107. The van der Waals surface area contributed by atoms with Crippen molar-refractivity contribution >= 4 is 0 Å². The van der Waals surface area contributed by atoms with Gasteiger partial charge in [-0.25, -0.2) is 0 Å². The Morgan fingerprint density at radius 3 is 2.18 bits per heavy atom. The van der Waals surface area contributed by atoms with E-state index >= 15 is 0 Å². The van der Waals surface area contributed by atoms with Crippen molar-refractivity contribution in [3.63, 3.8) is 0 Å². The van der Waals surface area contributed by atoms with E-state index in [0.717, 1.165) is 12.8 Å². The van der Waals surface area contributed by atoms with Crippen LogP contribution in [0.3, 0.4) is 0 Å².